The maximum absolute atomic E-state index is 12.8. The van der Waals surface area contributed by atoms with Crippen molar-refractivity contribution in [1.82, 2.24) is 0 Å². The molecule has 0 aliphatic carbocycles. The molecule has 0 aliphatic rings. The van der Waals surface area contributed by atoms with Crippen molar-refractivity contribution in [1.29, 1.82) is 0 Å². The second-order valence-electron chi connectivity index (χ2n) is 4.01. The maximum atomic E-state index is 12.8. The van der Waals surface area contributed by atoms with Crippen molar-refractivity contribution >= 4 is 5.78 Å². The van der Waals surface area contributed by atoms with Crippen LogP contribution in [0, 0.1) is 11.6 Å². The smallest absolute Gasteiger partial charge is 0.137 e. The van der Waals surface area contributed by atoms with Crippen molar-refractivity contribution in [2.45, 2.75) is 32.2 Å². The van der Waals surface area contributed by atoms with Crippen molar-refractivity contribution < 1.29 is 13.6 Å². The van der Waals surface area contributed by atoms with Crippen LogP contribution in [0.2, 0.25) is 0 Å². The van der Waals surface area contributed by atoms with Crippen molar-refractivity contribution in [2.75, 3.05) is 0 Å². The summed E-state index contributed by atoms with van der Waals surface area (Å²) in [6, 6.07) is 3.10. The Balaban J connectivity index is 2.56. The average molecular weight is 227 g/mol. The van der Waals surface area contributed by atoms with Crippen molar-refractivity contribution in [2.24, 2.45) is 5.73 Å². The van der Waals surface area contributed by atoms with Crippen LogP contribution in [-0.4, -0.2) is 11.8 Å². The summed E-state index contributed by atoms with van der Waals surface area (Å²) in [5, 5.41) is 0. The molecule has 1 unspecified atom stereocenters. The van der Waals surface area contributed by atoms with Gasteiger partial charge >= 0.3 is 0 Å². The first-order valence-corrected chi connectivity index (χ1v) is 5.19. The number of halogens is 2. The lowest BCUT2D eigenvalue weighted by Gasteiger charge is -2.04. The molecule has 0 saturated carbocycles. The lowest BCUT2D eigenvalue weighted by molar-refractivity contribution is -0.118. The molecule has 0 aromatic heterocycles. The van der Waals surface area contributed by atoms with Crippen LogP contribution < -0.4 is 5.73 Å². The molecule has 88 valence electrons. The van der Waals surface area contributed by atoms with Crippen LogP contribution in [0.1, 0.15) is 25.3 Å². The number of Topliss-reactive ketones (excluding diaryl/α,β-unsaturated/α-hetero) is 1. The van der Waals surface area contributed by atoms with E-state index in [-0.39, 0.29) is 18.2 Å². The minimum absolute atomic E-state index is 0.0341. The normalized spacial score (nSPS) is 12.5. The monoisotopic (exact) mass is 227 g/mol. The molecular weight excluding hydrogens is 212 g/mol. The van der Waals surface area contributed by atoms with Crippen LogP contribution in [0.5, 0.6) is 0 Å². The largest absolute Gasteiger partial charge is 0.328 e. The van der Waals surface area contributed by atoms with Gasteiger partial charge in [0, 0.05) is 24.9 Å². The number of hydrogen-bond acceptors (Lipinski definition) is 2. The van der Waals surface area contributed by atoms with E-state index in [0.717, 1.165) is 6.07 Å². The third kappa shape index (κ3) is 4.49. The molecule has 16 heavy (non-hydrogen) atoms. The fourth-order valence-electron chi connectivity index (χ4n) is 1.42. The highest BCUT2D eigenvalue weighted by Gasteiger charge is 2.07. The van der Waals surface area contributed by atoms with Gasteiger partial charge in [-0.05, 0) is 31.0 Å². The van der Waals surface area contributed by atoms with Crippen molar-refractivity contribution in [3.8, 4) is 0 Å². The van der Waals surface area contributed by atoms with E-state index in [0.29, 0.717) is 18.4 Å². The molecule has 4 heteroatoms. The van der Waals surface area contributed by atoms with Gasteiger partial charge in [0.25, 0.3) is 0 Å². The number of hydrogen-bond donors (Lipinski definition) is 1. The van der Waals surface area contributed by atoms with Crippen LogP contribution in [-0.2, 0) is 11.2 Å². The first-order chi connectivity index (χ1) is 7.47. The third-order valence-electron chi connectivity index (χ3n) is 2.20. The SMILES string of the molecule is CC(N)CCC(=O)Cc1cc(F)cc(F)c1. The molecule has 0 aliphatic heterocycles. The molecule has 1 aromatic carbocycles. The lowest BCUT2D eigenvalue weighted by atomic mass is 10.0. The summed E-state index contributed by atoms with van der Waals surface area (Å²) in [6.45, 7) is 1.81. The zero-order valence-corrected chi connectivity index (χ0v) is 9.17. The van der Waals surface area contributed by atoms with Gasteiger partial charge in [0.1, 0.15) is 17.4 Å². The van der Waals surface area contributed by atoms with E-state index in [2.05, 4.69) is 0 Å². The fourth-order valence-corrected chi connectivity index (χ4v) is 1.42. The summed E-state index contributed by atoms with van der Waals surface area (Å²) in [5.74, 6) is -1.37. The Kier molecular flexibility index (Phi) is 4.55. The zero-order chi connectivity index (χ0) is 12.1. The predicted molar refractivity (Wildman–Crippen MR) is 58.0 cm³/mol. The van der Waals surface area contributed by atoms with Crippen LogP contribution >= 0.6 is 0 Å². The molecule has 0 saturated heterocycles. The van der Waals surface area contributed by atoms with Gasteiger partial charge in [0.15, 0.2) is 0 Å². The third-order valence-corrected chi connectivity index (χ3v) is 2.20. The Hall–Kier alpha value is -1.29. The highest BCUT2D eigenvalue weighted by atomic mass is 19.1. The Bertz CT molecular complexity index is 357. The Labute approximate surface area is 93.5 Å². The van der Waals surface area contributed by atoms with Gasteiger partial charge in [-0.15, -0.1) is 0 Å². The maximum Gasteiger partial charge on any atom is 0.137 e. The summed E-state index contributed by atoms with van der Waals surface area (Å²) in [7, 11) is 0. The van der Waals surface area contributed by atoms with E-state index in [1.54, 1.807) is 0 Å². The van der Waals surface area contributed by atoms with Gasteiger partial charge in [-0.1, -0.05) is 0 Å². The van der Waals surface area contributed by atoms with Gasteiger partial charge in [-0.2, -0.15) is 0 Å². The molecule has 0 spiro atoms. The quantitative estimate of drug-likeness (QED) is 0.838. The van der Waals surface area contributed by atoms with E-state index in [1.165, 1.54) is 12.1 Å². The van der Waals surface area contributed by atoms with Gasteiger partial charge < -0.3 is 5.73 Å². The van der Waals surface area contributed by atoms with E-state index < -0.39 is 11.6 Å². The standard InChI is InChI=1S/C12H15F2NO/c1-8(15)2-3-12(16)6-9-4-10(13)7-11(14)5-9/h4-5,7-8H,2-3,6,15H2,1H3. The second-order valence-corrected chi connectivity index (χ2v) is 4.01. The van der Waals surface area contributed by atoms with Crippen LogP contribution in [0.3, 0.4) is 0 Å². The summed E-state index contributed by atoms with van der Waals surface area (Å²) < 4.78 is 25.6. The molecule has 0 fully saturated rings. The molecule has 2 nitrogen and oxygen atoms in total. The summed E-state index contributed by atoms with van der Waals surface area (Å²) in [5.41, 5.74) is 5.88. The molecule has 0 radical (unpaired) electrons. The molecule has 0 heterocycles. The van der Waals surface area contributed by atoms with Crippen LogP contribution in [0.15, 0.2) is 18.2 Å². The van der Waals surface area contributed by atoms with E-state index in [1.807, 2.05) is 6.92 Å². The van der Waals surface area contributed by atoms with Gasteiger partial charge in [-0.25, -0.2) is 8.78 Å². The van der Waals surface area contributed by atoms with Gasteiger partial charge in [0.05, 0.1) is 0 Å². The number of nitrogens with two attached hydrogens (primary N) is 1. The number of ketones is 1. The topological polar surface area (TPSA) is 43.1 Å². The lowest BCUT2D eigenvalue weighted by Crippen LogP contribution is -2.17. The van der Waals surface area contributed by atoms with Gasteiger partial charge in [0.2, 0.25) is 0 Å². The Morgan fingerprint density at radius 3 is 2.38 bits per heavy atom. The minimum Gasteiger partial charge on any atom is -0.328 e. The molecule has 0 amide bonds. The molecular formula is C12H15F2NO. The molecule has 1 atom stereocenters. The first kappa shape index (κ1) is 12.8. The first-order valence-electron chi connectivity index (χ1n) is 5.19. The van der Waals surface area contributed by atoms with Crippen LogP contribution in [0.4, 0.5) is 8.78 Å². The predicted octanol–water partition coefficient (Wildman–Crippen LogP) is 2.20. The van der Waals surface area contributed by atoms with Crippen LogP contribution in [0.25, 0.3) is 0 Å². The minimum atomic E-state index is -0.657. The molecule has 0 bridgehead atoms. The summed E-state index contributed by atoms with van der Waals surface area (Å²) in [4.78, 5) is 11.4. The highest BCUT2D eigenvalue weighted by molar-refractivity contribution is 5.80. The molecule has 1 aromatic rings. The summed E-state index contributed by atoms with van der Waals surface area (Å²) >= 11 is 0. The number of rotatable bonds is 5. The van der Waals surface area contributed by atoms with E-state index in [9.17, 15) is 13.6 Å². The molecule has 1 rings (SSSR count). The number of carbonyl (C=O) groups is 1. The number of carbonyl (C=O) groups excluding carboxylic acids is 1. The number of benzene rings is 1. The second kappa shape index (κ2) is 5.70. The summed E-state index contributed by atoms with van der Waals surface area (Å²) in [6.07, 6.45) is 0.994. The van der Waals surface area contributed by atoms with Crippen molar-refractivity contribution in [3.05, 3.63) is 35.4 Å². The fraction of sp³-hybridized carbons (Fsp3) is 0.417. The Morgan fingerprint density at radius 1 is 1.31 bits per heavy atom. The van der Waals surface area contributed by atoms with E-state index >= 15 is 0 Å². The van der Waals surface area contributed by atoms with E-state index in [4.69, 9.17) is 5.73 Å². The molecule has 2 N–H and O–H groups in total. The zero-order valence-electron chi connectivity index (χ0n) is 9.17. The Morgan fingerprint density at radius 2 is 1.88 bits per heavy atom. The van der Waals surface area contributed by atoms with Gasteiger partial charge in [-0.3, -0.25) is 4.79 Å². The average Bonchev–Trinajstić information content (AvgIpc) is 2.12. The van der Waals surface area contributed by atoms with Crippen molar-refractivity contribution in [3.63, 3.8) is 0 Å². The highest BCUT2D eigenvalue weighted by Crippen LogP contribution is 2.10.